The van der Waals surface area contributed by atoms with Crippen LogP contribution in [-0.4, -0.2) is 43.7 Å². The van der Waals surface area contributed by atoms with Gasteiger partial charge < -0.3 is 9.64 Å². The van der Waals surface area contributed by atoms with Gasteiger partial charge in [0.2, 0.25) is 0 Å². The number of ether oxygens (including phenoxy) is 1. The molecule has 0 saturated carbocycles. The third-order valence-corrected chi connectivity index (χ3v) is 7.57. The number of morpholine rings is 1. The minimum absolute atomic E-state index is 0.0389. The van der Waals surface area contributed by atoms with Crippen molar-refractivity contribution in [3.63, 3.8) is 0 Å². The lowest BCUT2D eigenvalue weighted by atomic mass is 9.83. The van der Waals surface area contributed by atoms with Gasteiger partial charge in [0.25, 0.3) is 0 Å². The van der Waals surface area contributed by atoms with E-state index in [2.05, 4.69) is 65.3 Å². The smallest absolute Gasteiger partial charge is 0.162 e. The van der Waals surface area contributed by atoms with Crippen LogP contribution in [0.4, 0.5) is 5.69 Å². The molecule has 2 aliphatic heterocycles. The van der Waals surface area contributed by atoms with Crippen LogP contribution in [0.3, 0.4) is 0 Å². The molecule has 5 rings (SSSR count). The topological polar surface area (TPSA) is 32.8 Å². The highest BCUT2D eigenvalue weighted by Crippen LogP contribution is 2.52. The molecule has 0 bridgehead atoms. The molecule has 2 atom stereocenters. The van der Waals surface area contributed by atoms with Gasteiger partial charge in [-0.2, -0.15) is 0 Å². The van der Waals surface area contributed by atoms with E-state index in [0.29, 0.717) is 18.1 Å². The predicted molar refractivity (Wildman–Crippen MR) is 122 cm³/mol. The summed E-state index contributed by atoms with van der Waals surface area (Å²) in [5.41, 5.74) is 4.66. The van der Waals surface area contributed by atoms with Crippen molar-refractivity contribution in [1.82, 2.24) is 4.90 Å². The average molecular weight is 421 g/mol. The molecule has 3 aliphatic rings. The molecule has 1 aliphatic carbocycles. The molecule has 4 nitrogen and oxygen atoms in total. The van der Waals surface area contributed by atoms with Gasteiger partial charge in [-0.3, -0.25) is 9.69 Å². The lowest BCUT2D eigenvalue weighted by Gasteiger charge is -2.38. The molecule has 1 fully saturated rings. The second kappa shape index (κ2) is 8.58. The molecule has 30 heavy (non-hydrogen) atoms. The zero-order valence-electron chi connectivity index (χ0n) is 17.4. The number of allylic oxidation sites excluding steroid dienone is 1. The first kappa shape index (κ1) is 19.9. The molecule has 2 heterocycles. The molecule has 5 heteroatoms. The zero-order valence-corrected chi connectivity index (χ0v) is 18.2. The highest BCUT2D eigenvalue weighted by molar-refractivity contribution is 8.00. The number of rotatable bonds is 3. The van der Waals surface area contributed by atoms with Crippen molar-refractivity contribution < 1.29 is 9.53 Å². The Hall–Kier alpha value is -2.08. The minimum Gasteiger partial charge on any atom is -0.379 e. The molecule has 0 N–H and O–H groups in total. The Morgan fingerprint density at radius 1 is 1.00 bits per heavy atom. The molecular weight excluding hydrogens is 392 g/mol. The van der Waals surface area contributed by atoms with Gasteiger partial charge in [-0.1, -0.05) is 49.4 Å². The van der Waals surface area contributed by atoms with Crippen molar-refractivity contribution in [2.24, 2.45) is 5.92 Å². The molecule has 156 valence electrons. The molecule has 0 unspecified atom stereocenters. The second-order valence-electron chi connectivity index (χ2n) is 8.47. The number of para-hydroxylation sites is 1. The SMILES string of the molecule is C[C@H]1CC(=O)C2=C(C1)N(CN1CCOCC1)c1ccccc1S[C@@H]2c1ccccc1. The van der Waals surface area contributed by atoms with Crippen LogP contribution in [0.5, 0.6) is 0 Å². The van der Waals surface area contributed by atoms with Gasteiger partial charge in [-0.05, 0) is 30.0 Å². The molecule has 0 amide bonds. The maximum atomic E-state index is 13.4. The largest absolute Gasteiger partial charge is 0.379 e. The number of ketones is 1. The van der Waals surface area contributed by atoms with Gasteiger partial charge in [-0.25, -0.2) is 0 Å². The van der Waals surface area contributed by atoms with E-state index in [9.17, 15) is 4.79 Å². The number of benzene rings is 2. The summed E-state index contributed by atoms with van der Waals surface area (Å²) in [4.78, 5) is 19.6. The summed E-state index contributed by atoms with van der Waals surface area (Å²) in [6.07, 6.45) is 1.59. The molecule has 0 aromatic heterocycles. The standard InChI is InChI=1S/C25H28N2O2S/c1-18-15-21-24(22(28)16-18)25(19-7-3-2-4-8-19)30-23-10-6-5-9-20(23)27(21)17-26-11-13-29-14-12-26/h2-10,18,25H,11-17H2,1H3/t18-,25-/m1/s1. The number of hydrogen-bond acceptors (Lipinski definition) is 5. The van der Waals surface area contributed by atoms with Gasteiger partial charge in [0.05, 0.1) is 30.8 Å². The van der Waals surface area contributed by atoms with Crippen molar-refractivity contribution in [2.45, 2.75) is 29.9 Å². The quantitative estimate of drug-likeness (QED) is 0.707. The predicted octanol–water partition coefficient (Wildman–Crippen LogP) is 4.88. The van der Waals surface area contributed by atoms with Crippen LogP contribution in [0.25, 0.3) is 0 Å². The van der Waals surface area contributed by atoms with Crippen molar-refractivity contribution in [1.29, 1.82) is 0 Å². The number of hydrogen-bond donors (Lipinski definition) is 0. The summed E-state index contributed by atoms with van der Waals surface area (Å²) in [7, 11) is 0. The number of nitrogens with zero attached hydrogens (tertiary/aromatic N) is 2. The summed E-state index contributed by atoms with van der Waals surface area (Å²) < 4.78 is 5.57. The maximum absolute atomic E-state index is 13.4. The van der Waals surface area contributed by atoms with E-state index in [1.165, 1.54) is 21.8 Å². The van der Waals surface area contributed by atoms with Gasteiger partial charge in [0, 0.05) is 35.7 Å². The number of carbonyl (C=O) groups excluding carboxylic acids is 1. The molecule has 2 aromatic rings. The Morgan fingerprint density at radius 3 is 2.53 bits per heavy atom. The Morgan fingerprint density at radius 2 is 1.73 bits per heavy atom. The normalized spacial score (nSPS) is 25.0. The van der Waals surface area contributed by atoms with Crippen molar-refractivity contribution in [3.8, 4) is 0 Å². The fraction of sp³-hybridized carbons (Fsp3) is 0.400. The van der Waals surface area contributed by atoms with Gasteiger partial charge in [0.1, 0.15) is 0 Å². The maximum Gasteiger partial charge on any atom is 0.162 e. The number of carbonyl (C=O) groups is 1. The summed E-state index contributed by atoms with van der Waals surface area (Å²) >= 11 is 1.82. The lowest BCUT2D eigenvalue weighted by molar-refractivity contribution is -0.117. The van der Waals surface area contributed by atoms with Crippen LogP contribution in [0.15, 0.2) is 70.8 Å². The highest BCUT2D eigenvalue weighted by atomic mass is 32.2. The van der Waals surface area contributed by atoms with E-state index in [1.807, 2.05) is 17.8 Å². The van der Waals surface area contributed by atoms with Gasteiger partial charge in [0.15, 0.2) is 5.78 Å². The van der Waals surface area contributed by atoms with E-state index >= 15 is 0 Å². The van der Waals surface area contributed by atoms with Crippen molar-refractivity contribution >= 4 is 23.2 Å². The number of Topliss-reactive ketones (excluding diaryl/α,β-unsaturated/α-hetero) is 1. The summed E-state index contributed by atoms with van der Waals surface area (Å²) in [6.45, 7) is 6.42. The van der Waals surface area contributed by atoms with Crippen LogP contribution < -0.4 is 4.90 Å². The fourth-order valence-electron chi connectivity index (χ4n) is 4.73. The third kappa shape index (κ3) is 3.82. The molecule has 2 aromatic carbocycles. The Labute approximate surface area is 182 Å². The Balaban J connectivity index is 1.65. The molecule has 1 saturated heterocycles. The van der Waals surface area contributed by atoms with E-state index in [4.69, 9.17) is 4.74 Å². The van der Waals surface area contributed by atoms with Crippen molar-refractivity contribution in [3.05, 3.63) is 71.4 Å². The summed E-state index contributed by atoms with van der Waals surface area (Å²) in [5.74, 6) is 0.681. The first-order valence-corrected chi connectivity index (χ1v) is 11.7. The fourth-order valence-corrected chi connectivity index (χ4v) is 6.12. The zero-order chi connectivity index (χ0) is 20.5. The highest BCUT2D eigenvalue weighted by Gasteiger charge is 2.38. The number of anilines is 1. The van der Waals surface area contributed by atoms with Crippen molar-refractivity contribution in [2.75, 3.05) is 37.9 Å². The monoisotopic (exact) mass is 420 g/mol. The second-order valence-corrected chi connectivity index (χ2v) is 9.62. The molecular formula is C25H28N2O2S. The van der Waals surface area contributed by atoms with E-state index in [-0.39, 0.29) is 5.25 Å². The van der Waals surface area contributed by atoms with Crippen LogP contribution in [0.1, 0.15) is 30.6 Å². The first-order chi connectivity index (χ1) is 14.7. The number of thioether (sulfide) groups is 1. The first-order valence-electron chi connectivity index (χ1n) is 10.8. The van der Waals surface area contributed by atoms with E-state index in [0.717, 1.165) is 45.0 Å². The molecule has 0 radical (unpaired) electrons. The summed E-state index contributed by atoms with van der Waals surface area (Å²) in [6, 6.07) is 19.2. The average Bonchev–Trinajstić information content (AvgIpc) is 2.90. The van der Waals surface area contributed by atoms with Crippen LogP contribution in [0.2, 0.25) is 0 Å². The minimum atomic E-state index is 0.0389. The Kier molecular flexibility index (Phi) is 5.68. The van der Waals surface area contributed by atoms with Crippen LogP contribution >= 0.6 is 11.8 Å². The van der Waals surface area contributed by atoms with Gasteiger partial charge in [-0.15, -0.1) is 11.8 Å². The van der Waals surface area contributed by atoms with Crippen LogP contribution in [-0.2, 0) is 9.53 Å². The van der Waals surface area contributed by atoms with E-state index in [1.54, 1.807) is 0 Å². The molecule has 0 spiro atoms. The van der Waals surface area contributed by atoms with Gasteiger partial charge >= 0.3 is 0 Å². The van der Waals surface area contributed by atoms with Crippen LogP contribution in [0, 0.1) is 5.92 Å². The van der Waals surface area contributed by atoms with E-state index < -0.39 is 0 Å². The third-order valence-electron chi connectivity index (χ3n) is 6.22. The summed E-state index contributed by atoms with van der Waals surface area (Å²) in [5, 5.41) is 0.0389. The number of fused-ring (bicyclic) bond motifs is 1. The Bertz CT molecular complexity index is 953. The lowest BCUT2D eigenvalue weighted by Crippen LogP contribution is -2.45.